The van der Waals surface area contributed by atoms with E-state index in [1.54, 1.807) is 0 Å². The quantitative estimate of drug-likeness (QED) is 0.470. The molecule has 0 spiro atoms. The molecule has 12 heavy (non-hydrogen) atoms. The minimum Gasteiger partial charge on any atom is -0.222 e. The van der Waals surface area contributed by atoms with Crippen LogP contribution >= 0.6 is 0 Å². The molecule has 0 bridgehead atoms. The van der Waals surface area contributed by atoms with Gasteiger partial charge in [-0.1, -0.05) is 0 Å². The van der Waals surface area contributed by atoms with Gasteiger partial charge < -0.3 is 0 Å². The van der Waals surface area contributed by atoms with Crippen LogP contribution in [0.3, 0.4) is 0 Å². The zero-order chi connectivity index (χ0) is 10.2. The number of hydrogen-bond donors (Lipinski definition) is 0. The number of rotatable bonds is 3. The van der Waals surface area contributed by atoms with Crippen molar-refractivity contribution in [2.45, 2.75) is 20.8 Å². The highest BCUT2D eigenvalue weighted by Crippen LogP contribution is 1.92. The molecular formula is C6H15ClO4S. The van der Waals surface area contributed by atoms with Crippen molar-refractivity contribution in [1.29, 1.82) is 0 Å². The molecule has 76 valence electrons. The topological polar surface area (TPSA) is 92.2 Å². The van der Waals surface area contributed by atoms with Gasteiger partial charge in [-0.25, -0.2) is 18.6 Å². The summed E-state index contributed by atoms with van der Waals surface area (Å²) in [5, 5.41) is 0. The standard InChI is InChI=1S/C6H15S.ClHO4/c1-4-7(5-2)6-3;2-1(3,4)5/h4-6H2,1-3H3;(H,2,3,4,5)/q+1;/p-1. The number of halogens is 1. The highest BCUT2D eigenvalue weighted by atomic mass is 35.7. The van der Waals surface area contributed by atoms with Crippen molar-refractivity contribution < 1.29 is 28.9 Å². The SMILES string of the molecule is CC[S+](CC)CC.[O-][Cl+3]([O-])([O-])[O-]. The molecule has 0 fully saturated rings. The molecule has 0 N–H and O–H groups in total. The predicted molar refractivity (Wildman–Crippen MR) is 39.0 cm³/mol. The van der Waals surface area contributed by atoms with Crippen molar-refractivity contribution in [2.24, 2.45) is 0 Å². The van der Waals surface area contributed by atoms with E-state index < -0.39 is 10.2 Å². The Balaban J connectivity index is 0. The van der Waals surface area contributed by atoms with Gasteiger partial charge in [-0.3, -0.25) is 0 Å². The second kappa shape index (κ2) is 8.10. The Kier molecular flexibility index (Phi) is 10.1. The lowest BCUT2D eigenvalue weighted by molar-refractivity contribution is -2.00. The Bertz CT molecular complexity index is 80.5. The van der Waals surface area contributed by atoms with Crippen molar-refractivity contribution in [3.63, 3.8) is 0 Å². The first-order valence-corrected chi connectivity index (χ1v) is 6.57. The first-order chi connectivity index (χ1) is 5.35. The molecule has 0 radical (unpaired) electrons. The summed E-state index contributed by atoms with van der Waals surface area (Å²) in [6, 6.07) is 0. The Labute approximate surface area is 78.3 Å². The molecule has 0 aromatic heterocycles. The monoisotopic (exact) mass is 218 g/mol. The molecule has 0 aliphatic heterocycles. The van der Waals surface area contributed by atoms with E-state index in [-0.39, 0.29) is 0 Å². The zero-order valence-corrected chi connectivity index (χ0v) is 9.11. The maximum absolute atomic E-state index is 8.49. The van der Waals surface area contributed by atoms with Crippen LogP contribution in [0.5, 0.6) is 0 Å². The fourth-order valence-electron chi connectivity index (χ4n) is 0.612. The van der Waals surface area contributed by atoms with E-state index in [2.05, 4.69) is 20.8 Å². The van der Waals surface area contributed by atoms with Gasteiger partial charge >= 0.3 is 0 Å². The molecule has 0 heterocycles. The average molecular weight is 219 g/mol. The smallest absolute Gasteiger partial charge is 0.105 e. The van der Waals surface area contributed by atoms with Crippen LogP contribution in [0.25, 0.3) is 0 Å². The van der Waals surface area contributed by atoms with E-state index in [9.17, 15) is 0 Å². The molecule has 0 rings (SSSR count). The Morgan fingerprint density at radius 3 is 1.00 bits per heavy atom. The molecule has 0 atom stereocenters. The van der Waals surface area contributed by atoms with Crippen LogP contribution in [-0.4, -0.2) is 17.3 Å². The Hall–Kier alpha value is 0.480. The molecule has 0 unspecified atom stereocenters. The molecule has 0 aliphatic carbocycles. The Morgan fingerprint density at radius 2 is 1.00 bits per heavy atom. The van der Waals surface area contributed by atoms with Gasteiger partial charge in [0.15, 0.2) is 0 Å². The largest absolute Gasteiger partial charge is 0.222 e. The third-order valence-corrected chi connectivity index (χ3v) is 3.67. The van der Waals surface area contributed by atoms with E-state index in [1.807, 2.05) is 0 Å². The second-order valence-electron chi connectivity index (χ2n) is 1.86. The van der Waals surface area contributed by atoms with E-state index in [1.165, 1.54) is 17.3 Å². The molecule has 0 saturated heterocycles. The minimum atomic E-state index is -4.94. The summed E-state index contributed by atoms with van der Waals surface area (Å²) in [6.07, 6.45) is 0. The van der Waals surface area contributed by atoms with E-state index in [4.69, 9.17) is 18.6 Å². The fourth-order valence-corrected chi connectivity index (χ4v) is 1.84. The van der Waals surface area contributed by atoms with Crippen LogP contribution in [0.2, 0.25) is 0 Å². The predicted octanol–water partition coefficient (Wildman–Crippen LogP) is -3.09. The molecule has 4 nitrogen and oxygen atoms in total. The van der Waals surface area contributed by atoms with Gasteiger partial charge in [0.05, 0.1) is 0 Å². The molecule has 0 aliphatic rings. The summed E-state index contributed by atoms with van der Waals surface area (Å²) in [5.74, 6) is 4.15. The minimum absolute atomic E-state index is 0.755. The maximum Gasteiger partial charge on any atom is 0.105 e. The van der Waals surface area contributed by atoms with E-state index >= 15 is 0 Å². The lowest BCUT2D eigenvalue weighted by Gasteiger charge is -2.17. The van der Waals surface area contributed by atoms with Crippen LogP contribution in [0.1, 0.15) is 20.8 Å². The average Bonchev–Trinajstić information content (AvgIpc) is 1.88. The van der Waals surface area contributed by atoms with E-state index in [0.29, 0.717) is 0 Å². The first kappa shape index (κ1) is 15.0. The third-order valence-electron chi connectivity index (χ3n) is 1.22. The van der Waals surface area contributed by atoms with Gasteiger partial charge in [0.25, 0.3) is 0 Å². The molecule has 0 saturated carbocycles. The summed E-state index contributed by atoms with van der Waals surface area (Å²) in [5.41, 5.74) is 0. The molecule has 6 heteroatoms. The van der Waals surface area contributed by atoms with Crippen LogP contribution in [-0.2, 0) is 10.9 Å². The molecule has 0 aromatic rings. The van der Waals surface area contributed by atoms with Crippen LogP contribution in [0, 0.1) is 10.2 Å². The van der Waals surface area contributed by atoms with Crippen LogP contribution in [0.15, 0.2) is 0 Å². The summed E-state index contributed by atoms with van der Waals surface area (Å²) >= 11 is 0. The molecular weight excluding hydrogens is 204 g/mol. The molecule has 0 aromatic carbocycles. The summed E-state index contributed by atoms with van der Waals surface area (Å²) in [7, 11) is -4.19. The zero-order valence-electron chi connectivity index (χ0n) is 7.54. The summed E-state index contributed by atoms with van der Waals surface area (Å²) in [6.45, 7) is 6.82. The van der Waals surface area contributed by atoms with Gasteiger partial charge in [0.2, 0.25) is 0 Å². The fraction of sp³-hybridized carbons (Fsp3) is 1.00. The molecule has 0 amide bonds. The van der Waals surface area contributed by atoms with Crippen molar-refractivity contribution in [2.75, 3.05) is 17.3 Å². The Morgan fingerprint density at radius 1 is 0.833 bits per heavy atom. The summed E-state index contributed by atoms with van der Waals surface area (Å²) < 4.78 is 34.0. The van der Waals surface area contributed by atoms with Crippen molar-refractivity contribution in [1.82, 2.24) is 0 Å². The summed E-state index contributed by atoms with van der Waals surface area (Å²) in [4.78, 5) is 0. The lowest BCUT2D eigenvalue weighted by atomic mass is 10.9. The van der Waals surface area contributed by atoms with Crippen molar-refractivity contribution in [3.8, 4) is 0 Å². The number of hydrogen-bond acceptors (Lipinski definition) is 4. The van der Waals surface area contributed by atoms with E-state index in [0.717, 1.165) is 10.9 Å². The van der Waals surface area contributed by atoms with Crippen molar-refractivity contribution >= 4 is 10.9 Å². The highest BCUT2D eigenvalue weighted by molar-refractivity contribution is 7.96. The maximum atomic E-state index is 8.49. The third kappa shape index (κ3) is 22.4. The van der Waals surface area contributed by atoms with Crippen molar-refractivity contribution in [3.05, 3.63) is 0 Å². The van der Waals surface area contributed by atoms with Crippen LogP contribution in [0.4, 0.5) is 0 Å². The van der Waals surface area contributed by atoms with Crippen LogP contribution < -0.4 is 18.6 Å². The van der Waals surface area contributed by atoms with Gasteiger partial charge in [0, 0.05) is 0 Å². The van der Waals surface area contributed by atoms with Gasteiger partial charge in [-0.2, -0.15) is 0 Å². The van der Waals surface area contributed by atoms with Gasteiger partial charge in [-0.15, -0.1) is 10.2 Å². The lowest BCUT2D eigenvalue weighted by Crippen LogP contribution is -2.68. The highest BCUT2D eigenvalue weighted by Gasteiger charge is 2.05. The van der Waals surface area contributed by atoms with Gasteiger partial charge in [-0.05, 0) is 31.7 Å². The normalized spacial score (nSPS) is 11.0. The second-order valence-corrected chi connectivity index (χ2v) is 5.57. The van der Waals surface area contributed by atoms with Gasteiger partial charge in [0.1, 0.15) is 17.3 Å². The first-order valence-electron chi connectivity index (χ1n) is 3.60.